The standard InChI is InChI=1S/C9H19NO3S/c1-14(12,13)10-8-9(6-7-11)4-2-3-5-9/h10-11H,2-8H2,1H3. The molecule has 0 amide bonds. The summed E-state index contributed by atoms with van der Waals surface area (Å²) >= 11 is 0. The van der Waals surface area contributed by atoms with Crippen LogP contribution in [0, 0.1) is 5.41 Å². The van der Waals surface area contributed by atoms with Gasteiger partial charge in [-0.1, -0.05) is 12.8 Å². The van der Waals surface area contributed by atoms with Crippen LogP contribution in [0.3, 0.4) is 0 Å². The molecule has 0 aromatic heterocycles. The predicted octanol–water partition coefficient (Wildman–Crippen LogP) is 0.478. The summed E-state index contributed by atoms with van der Waals surface area (Å²) in [5, 5.41) is 8.94. The minimum atomic E-state index is -3.10. The normalized spacial score (nSPS) is 21.3. The molecule has 1 rings (SSSR count). The maximum absolute atomic E-state index is 11.0. The molecule has 0 spiro atoms. The zero-order valence-corrected chi connectivity index (χ0v) is 9.44. The molecule has 0 unspecified atom stereocenters. The van der Waals surface area contributed by atoms with Crippen LogP contribution >= 0.6 is 0 Å². The van der Waals surface area contributed by atoms with Gasteiger partial charge in [0.1, 0.15) is 0 Å². The van der Waals surface area contributed by atoms with Crippen LogP contribution in [0.2, 0.25) is 0 Å². The van der Waals surface area contributed by atoms with E-state index in [1.165, 1.54) is 6.26 Å². The van der Waals surface area contributed by atoms with Gasteiger partial charge in [-0.3, -0.25) is 0 Å². The Hall–Kier alpha value is -0.130. The van der Waals surface area contributed by atoms with Gasteiger partial charge in [-0.2, -0.15) is 0 Å². The van der Waals surface area contributed by atoms with E-state index in [0.717, 1.165) is 25.7 Å². The molecule has 1 saturated carbocycles. The van der Waals surface area contributed by atoms with Crippen LogP contribution in [0.15, 0.2) is 0 Å². The smallest absolute Gasteiger partial charge is 0.208 e. The molecule has 4 nitrogen and oxygen atoms in total. The largest absolute Gasteiger partial charge is 0.396 e. The highest BCUT2D eigenvalue weighted by molar-refractivity contribution is 7.88. The molecule has 0 saturated heterocycles. The van der Waals surface area contributed by atoms with Crippen molar-refractivity contribution in [2.45, 2.75) is 32.1 Å². The summed E-state index contributed by atoms with van der Waals surface area (Å²) < 4.78 is 24.5. The quantitative estimate of drug-likeness (QED) is 0.709. The number of nitrogens with one attached hydrogen (secondary N) is 1. The molecule has 14 heavy (non-hydrogen) atoms. The van der Waals surface area contributed by atoms with E-state index in [4.69, 9.17) is 5.11 Å². The lowest BCUT2D eigenvalue weighted by Gasteiger charge is -2.27. The van der Waals surface area contributed by atoms with Crippen LogP contribution in [0.25, 0.3) is 0 Å². The van der Waals surface area contributed by atoms with Crippen molar-refractivity contribution in [3.05, 3.63) is 0 Å². The molecule has 0 aromatic rings. The summed E-state index contributed by atoms with van der Waals surface area (Å²) in [6, 6.07) is 0. The fraction of sp³-hybridized carbons (Fsp3) is 1.00. The lowest BCUT2D eigenvalue weighted by atomic mass is 9.83. The van der Waals surface area contributed by atoms with Crippen molar-refractivity contribution in [3.63, 3.8) is 0 Å². The van der Waals surface area contributed by atoms with Crippen LogP contribution in [-0.2, 0) is 10.0 Å². The predicted molar refractivity (Wildman–Crippen MR) is 55.5 cm³/mol. The SMILES string of the molecule is CS(=O)(=O)NCC1(CCO)CCCC1. The van der Waals surface area contributed by atoms with E-state index in [1.807, 2.05) is 0 Å². The average molecular weight is 221 g/mol. The zero-order chi connectivity index (χ0) is 10.7. The summed E-state index contributed by atoms with van der Waals surface area (Å²) in [6.45, 7) is 0.623. The first-order valence-corrected chi connectivity index (χ1v) is 6.92. The molecule has 84 valence electrons. The van der Waals surface area contributed by atoms with Crippen molar-refractivity contribution < 1.29 is 13.5 Å². The third kappa shape index (κ3) is 3.55. The van der Waals surface area contributed by atoms with Gasteiger partial charge in [-0.05, 0) is 24.7 Å². The van der Waals surface area contributed by atoms with Crippen LogP contribution in [0.4, 0.5) is 0 Å². The summed E-state index contributed by atoms with van der Waals surface area (Å²) in [4.78, 5) is 0. The molecule has 5 heteroatoms. The monoisotopic (exact) mass is 221 g/mol. The van der Waals surface area contributed by atoms with E-state index in [0.29, 0.717) is 13.0 Å². The Balaban J connectivity index is 2.52. The van der Waals surface area contributed by atoms with Crippen molar-refractivity contribution in [1.82, 2.24) is 4.72 Å². The van der Waals surface area contributed by atoms with Crippen LogP contribution in [0.1, 0.15) is 32.1 Å². The molecular weight excluding hydrogens is 202 g/mol. The molecule has 0 aliphatic heterocycles. The minimum Gasteiger partial charge on any atom is -0.396 e. The first-order valence-electron chi connectivity index (χ1n) is 5.03. The summed E-state index contributed by atoms with van der Waals surface area (Å²) in [5.41, 5.74) is 0.0117. The Morgan fingerprint density at radius 3 is 2.36 bits per heavy atom. The molecule has 0 radical (unpaired) electrons. The lowest BCUT2D eigenvalue weighted by Crippen LogP contribution is -2.36. The van der Waals surface area contributed by atoms with Gasteiger partial charge in [0.15, 0.2) is 0 Å². The van der Waals surface area contributed by atoms with Gasteiger partial charge >= 0.3 is 0 Å². The van der Waals surface area contributed by atoms with Crippen molar-refractivity contribution in [2.24, 2.45) is 5.41 Å². The van der Waals surface area contributed by atoms with Gasteiger partial charge in [-0.25, -0.2) is 13.1 Å². The second-order valence-electron chi connectivity index (χ2n) is 4.27. The fourth-order valence-corrected chi connectivity index (χ4v) is 2.73. The molecule has 0 aromatic carbocycles. The van der Waals surface area contributed by atoms with Crippen LogP contribution < -0.4 is 4.72 Å². The Morgan fingerprint density at radius 1 is 1.36 bits per heavy atom. The van der Waals surface area contributed by atoms with Crippen LogP contribution in [0.5, 0.6) is 0 Å². The Labute approximate surface area is 85.8 Å². The fourth-order valence-electron chi connectivity index (χ4n) is 2.16. The molecule has 2 N–H and O–H groups in total. The third-order valence-electron chi connectivity index (χ3n) is 3.02. The maximum Gasteiger partial charge on any atom is 0.208 e. The Bertz CT molecular complexity index is 268. The molecule has 1 fully saturated rings. The van der Waals surface area contributed by atoms with E-state index in [9.17, 15) is 8.42 Å². The zero-order valence-electron chi connectivity index (χ0n) is 8.62. The number of rotatable bonds is 5. The first kappa shape index (κ1) is 11.9. The number of sulfonamides is 1. The van der Waals surface area contributed by atoms with Gasteiger partial charge in [-0.15, -0.1) is 0 Å². The number of aliphatic hydroxyl groups excluding tert-OH is 1. The Kier molecular flexibility index (Phi) is 3.92. The second kappa shape index (κ2) is 4.59. The topological polar surface area (TPSA) is 66.4 Å². The summed E-state index contributed by atoms with van der Waals surface area (Å²) in [6.07, 6.45) is 6.22. The van der Waals surface area contributed by atoms with E-state index in [2.05, 4.69) is 4.72 Å². The number of hydrogen-bond acceptors (Lipinski definition) is 3. The van der Waals surface area contributed by atoms with E-state index < -0.39 is 10.0 Å². The van der Waals surface area contributed by atoms with E-state index in [-0.39, 0.29) is 12.0 Å². The highest BCUT2D eigenvalue weighted by Crippen LogP contribution is 2.40. The van der Waals surface area contributed by atoms with E-state index >= 15 is 0 Å². The van der Waals surface area contributed by atoms with Crippen LogP contribution in [-0.4, -0.2) is 32.9 Å². The molecule has 1 aliphatic rings. The van der Waals surface area contributed by atoms with Gasteiger partial charge < -0.3 is 5.11 Å². The third-order valence-corrected chi connectivity index (χ3v) is 3.68. The summed E-state index contributed by atoms with van der Waals surface area (Å²) in [7, 11) is -3.10. The second-order valence-corrected chi connectivity index (χ2v) is 6.11. The molecular formula is C9H19NO3S. The molecule has 0 bridgehead atoms. The van der Waals surface area contributed by atoms with Crippen molar-refractivity contribution in [2.75, 3.05) is 19.4 Å². The number of aliphatic hydroxyl groups is 1. The lowest BCUT2D eigenvalue weighted by molar-refractivity contribution is 0.186. The molecule has 0 atom stereocenters. The van der Waals surface area contributed by atoms with E-state index in [1.54, 1.807) is 0 Å². The number of hydrogen-bond donors (Lipinski definition) is 2. The highest BCUT2D eigenvalue weighted by atomic mass is 32.2. The summed E-state index contributed by atoms with van der Waals surface area (Å²) in [5.74, 6) is 0. The van der Waals surface area contributed by atoms with Gasteiger partial charge in [0.2, 0.25) is 10.0 Å². The van der Waals surface area contributed by atoms with Crippen molar-refractivity contribution in [1.29, 1.82) is 0 Å². The highest BCUT2D eigenvalue weighted by Gasteiger charge is 2.33. The van der Waals surface area contributed by atoms with Gasteiger partial charge in [0.25, 0.3) is 0 Å². The van der Waals surface area contributed by atoms with Gasteiger partial charge in [0, 0.05) is 13.2 Å². The Morgan fingerprint density at radius 2 is 1.93 bits per heavy atom. The minimum absolute atomic E-state index is 0.0117. The molecule has 0 heterocycles. The first-order chi connectivity index (χ1) is 6.47. The van der Waals surface area contributed by atoms with Crippen molar-refractivity contribution in [3.8, 4) is 0 Å². The molecule has 1 aliphatic carbocycles. The maximum atomic E-state index is 11.0. The van der Waals surface area contributed by atoms with Gasteiger partial charge in [0.05, 0.1) is 6.26 Å². The average Bonchev–Trinajstić information content (AvgIpc) is 2.50. The van der Waals surface area contributed by atoms with Crippen molar-refractivity contribution >= 4 is 10.0 Å².